The van der Waals surface area contributed by atoms with Crippen molar-refractivity contribution in [1.82, 2.24) is 10.2 Å². The molecule has 0 aliphatic heterocycles. The minimum absolute atomic E-state index is 0.0336. The molecule has 8 nitrogen and oxygen atoms in total. The number of carbonyl (C=O) groups excluding carboxylic acids is 2. The van der Waals surface area contributed by atoms with Crippen molar-refractivity contribution in [2.45, 2.75) is 26.4 Å². The van der Waals surface area contributed by atoms with Crippen LogP contribution in [0.15, 0.2) is 36.4 Å². The second-order valence-corrected chi connectivity index (χ2v) is 10.6. The van der Waals surface area contributed by atoms with Crippen molar-refractivity contribution >= 4 is 62.3 Å². The summed E-state index contributed by atoms with van der Waals surface area (Å²) in [6.07, 6.45) is 0.978. The molecule has 186 valence electrons. The molecule has 0 spiro atoms. The number of amides is 2. The molecular formula is C22H26Cl3N3O5S. The number of sulfonamides is 1. The molecule has 2 amide bonds. The zero-order chi connectivity index (χ0) is 25.6. The second kappa shape index (κ2) is 12.0. The number of anilines is 1. The Bertz CT molecular complexity index is 1160. The first kappa shape index (κ1) is 28.0. The normalized spacial score (nSPS) is 12.1. The number of rotatable bonds is 10. The van der Waals surface area contributed by atoms with Gasteiger partial charge in [0.2, 0.25) is 21.8 Å². The molecule has 12 heteroatoms. The van der Waals surface area contributed by atoms with E-state index in [2.05, 4.69) is 5.32 Å². The molecule has 2 aromatic carbocycles. The van der Waals surface area contributed by atoms with Gasteiger partial charge in [-0.05, 0) is 49.7 Å². The highest BCUT2D eigenvalue weighted by Crippen LogP contribution is 2.30. The van der Waals surface area contributed by atoms with E-state index in [1.807, 2.05) is 0 Å². The van der Waals surface area contributed by atoms with E-state index < -0.39 is 28.5 Å². The van der Waals surface area contributed by atoms with Gasteiger partial charge in [0, 0.05) is 23.1 Å². The van der Waals surface area contributed by atoms with Gasteiger partial charge in [-0.3, -0.25) is 13.9 Å². The zero-order valence-corrected chi connectivity index (χ0v) is 22.2. The van der Waals surface area contributed by atoms with Crippen LogP contribution >= 0.6 is 34.8 Å². The van der Waals surface area contributed by atoms with E-state index in [0.717, 1.165) is 10.6 Å². The van der Waals surface area contributed by atoms with Crippen LogP contribution < -0.4 is 14.4 Å². The van der Waals surface area contributed by atoms with E-state index in [1.165, 1.54) is 36.3 Å². The monoisotopic (exact) mass is 549 g/mol. The van der Waals surface area contributed by atoms with Gasteiger partial charge in [0.05, 0.1) is 24.1 Å². The van der Waals surface area contributed by atoms with Gasteiger partial charge in [-0.25, -0.2) is 8.42 Å². The molecule has 0 fully saturated rings. The van der Waals surface area contributed by atoms with Crippen LogP contribution in [0.25, 0.3) is 0 Å². The molecule has 1 atom stereocenters. The molecule has 1 N–H and O–H groups in total. The molecule has 0 bridgehead atoms. The van der Waals surface area contributed by atoms with Gasteiger partial charge in [-0.2, -0.15) is 0 Å². The van der Waals surface area contributed by atoms with E-state index in [4.69, 9.17) is 39.5 Å². The summed E-state index contributed by atoms with van der Waals surface area (Å²) in [7, 11) is -2.45. The van der Waals surface area contributed by atoms with Crippen LogP contribution in [-0.4, -0.2) is 57.6 Å². The number of halogens is 3. The molecule has 0 aromatic heterocycles. The predicted octanol–water partition coefficient (Wildman–Crippen LogP) is 3.97. The number of hydrogen-bond donors (Lipinski definition) is 1. The van der Waals surface area contributed by atoms with Crippen LogP contribution in [0.2, 0.25) is 15.1 Å². The molecule has 0 aliphatic carbocycles. The average molecular weight is 551 g/mol. The van der Waals surface area contributed by atoms with Gasteiger partial charge in [0.1, 0.15) is 18.3 Å². The number of carbonyl (C=O) groups is 2. The minimum atomic E-state index is -3.88. The number of nitrogens with one attached hydrogen (secondary N) is 1. The lowest BCUT2D eigenvalue weighted by Gasteiger charge is -2.31. The van der Waals surface area contributed by atoms with E-state index in [9.17, 15) is 18.0 Å². The maximum Gasteiger partial charge on any atom is 0.244 e. The van der Waals surface area contributed by atoms with E-state index >= 15 is 0 Å². The Kier molecular flexibility index (Phi) is 9.87. The maximum absolute atomic E-state index is 13.4. The van der Waals surface area contributed by atoms with Crippen molar-refractivity contribution in [3.05, 3.63) is 57.0 Å². The van der Waals surface area contributed by atoms with E-state index in [1.54, 1.807) is 26.0 Å². The quantitative estimate of drug-likeness (QED) is 0.483. The molecule has 34 heavy (non-hydrogen) atoms. The first-order valence-electron chi connectivity index (χ1n) is 10.2. The van der Waals surface area contributed by atoms with Crippen LogP contribution in [0.5, 0.6) is 5.75 Å². The second-order valence-electron chi connectivity index (χ2n) is 7.42. The van der Waals surface area contributed by atoms with Gasteiger partial charge < -0.3 is 15.0 Å². The van der Waals surface area contributed by atoms with Crippen molar-refractivity contribution in [3.63, 3.8) is 0 Å². The predicted molar refractivity (Wildman–Crippen MR) is 135 cm³/mol. The summed E-state index contributed by atoms with van der Waals surface area (Å²) in [4.78, 5) is 27.3. The number of methoxy groups -OCH3 is 1. The fourth-order valence-electron chi connectivity index (χ4n) is 3.16. The smallest absolute Gasteiger partial charge is 0.244 e. The number of nitrogens with zero attached hydrogens (tertiary/aromatic N) is 2. The van der Waals surface area contributed by atoms with Crippen LogP contribution in [0, 0.1) is 0 Å². The molecule has 0 saturated carbocycles. The van der Waals surface area contributed by atoms with E-state index in [-0.39, 0.29) is 23.2 Å². The number of likely N-dealkylation sites (N-methyl/N-ethyl adjacent to an activating group) is 1. The Morgan fingerprint density at radius 2 is 1.76 bits per heavy atom. The van der Waals surface area contributed by atoms with Gasteiger partial charge in [0.25, 0.3) is 0 Å². The van der Waals surface area contributed by atoms with Crippen molar-refractivity contribution in [2.24, 2.45) is 0 Å². The van der Waals surface area contributed by atoms with Crippen LogP contribution in [0.1, 0.15) is 19.4 Å². The van der Waals surface area contributed by atoms with Gasteiger partial charge >= 0.3 is 0 Å². The topological polar surface area (TPSA) is 96.0 Å². The van der Waals surface area contributed by atoms with E-state index in [0.29, 0.717) is 27.9 Å². The summed E-state index contributed by atoms with van der Waals surface area (Å²) < 4.78 is 31.2. The van der Waals surface area contributed by atoms with Crippen LogP contribution in [-0.2, 0) is 26.2 Å². The lowest BCUT2D eigenvalue weighted by atomic mass is 10.1. The van der Waals surface area contributed by atoms with Crippen molar-refractivity contribution in [3.8, 4) is 5.75 Å². The molecule has 0 unspecified atom stereocenters. The minimum Gasteiger partial charge on any atom is -0.495 e. The summed E-state index contributed by atoms with van der Waals surface area (Å²) in [6, 6.07) is 8.26. The molecule has 2 rings (SSSR count). The number of hydrogen-bond acceptors (Lipinski definition) is 5. The Morgan fingerprint density at radius 3 is 2.29 bits per heavy atom. The molecular weight excluding hydrogens is 525 g/mol. The summed E-state index contributed by atoms with van der Waals surface area (Å²) >= 11 is 18.4. The maximum atomic E-state index is 13.4. The lowest BCUT2D eigenvalue weighted by Crippen LogP contribution is -2.51. The summed E-state index contributed by atoms with van der Waals surface area (Å²) in [5.41, 5.74) is 0.728. The number of benzene rings is 2. The Balaban J connectivity index is 2.44. The zero-order valence-electron chi connectivity index (χ0n) is 19.1. The van der Waals surface area contributed by atoms with Crippen molar-refractivity contribution in [1.29, 1.82) is 0 Å². The SMILES string of the molecule is CCNC(=O)[C@H](C)N(Cc1ccc(Cl)cc1Cl)C(=O)CN(c1ccc(OC)c(Cl)c1)S(C)(=O)=O. The fraction of sp³-hybridized carbons (Fsp3) is 0.364. The highest BCUT2D eigenvalue weighted by atomic mass is 35.5. The van der Waals surface area contributed by atoms with Gasteiger partial charge in [-0.15, -0.1) is 0 Å². The molecule has 0 aliphatic rings. The summed E-state index contributed by atoms with van der Waals surface area (Å²) in [6.45, 7) is 3.09. The highest BCUT2D eigenvalue weighted by Gasteiger charge is 2.30. The molecule has 2 aromatic rings. The largest absolute Gasteiger partial charge is 0.495 e. The van der Waals surface area contributed by atoms with Crippen LogP contribution in [0.3, 0.4) is 0 Å². The first-order valence-corrected chi connectivity index (χ1v) is 13.2. The molecule has 0 radical (unpaired) electrons. The Labute approximate surface area is 214 Å². The summed E-state index contributed by atoms with van der Waals surface area (Å²) in [5, 5.41) is 3.59. The molecule has 0 heterocycles. The lowest BCUT2D eigenvalue weighted by molar-refractivity contribution is -0.139. The van der Waals surface area contributed by atoms with Gasteiger partial charge in [-0.1, -0.05) is 40.9 Å². The molecule has 0 saturated heterocycles. The Hall–Kier alpha value is -2.20. The Morgan fingerprint density at radius 1 is 1.09 bits per heavy atom. The highest BCUT2D eigenvalue weighted by molar-refractivity contribution is 7.92. The summed E-state index contributed by atoms with van der Waals surface area (Å²) in [5.74, 6) is -0.643. The van der Waals surface area contributed by atoms with Crippen molar-refractivity contribution in [2.75, 3.05) is 30.8 Å². The number of ether oxygens (including phenoxy) is 1. The first-order chi connectivity index (χ1) is 15.9. The third-order valence-corrected chi connectivity index (χ3v) is 7.00. The average Bonchev–Trinajstić information content (AvgIpc) is 2.75. The van der Waals surface area contributed by atoms with Crippen LogP contribution in [0.4, 0.5) is 5.69 Å². The third-order valence-electron chi connectivity index (χ3n) is 4.98. The van der Waals surface area contributed by atoms with Crippen molar-refractivity contribution < 1.29 is 22.7 Å². The standard InChI is InChI=1S/C22H26Cl3N3O5S/c1-5-26-22(30)14(2)27(12-15-6-7-16(23)10-18(15)24)21(29)13-28(34(4,31)32)17-8-9-20(33-3)19(25)11-17/h6-11,14H,5,12-13H2,1-4H3,(H,26,30)/t14-/m0/s1. The fourth-order valence-corrected chi connectivity index (χ4v) is 4.72. The third kappa shape index (κ3) is 7.15. The van der Waals surface area contributed by atoms with Gasteiger partial charge in [0.15, 0.2) is 0 Å².